The summed E-state index contributed by atoms with van der Waals surface area (Å²) in [6.45, 7) is 6.17. The summed E-state index contributed by atoms with van der Waals surface area (Å²) in [7, 11) is 0. The molecule has 0 bridgehead atoms. The van der Waals surface area contributed by atoms with Gasteiger partial charge < -0.3 is 4.90 Å². The van der Waals surface area contributed by atoms with Crippen LogP contribution >= 0.6 is 0 Å². The van der Waals surface area contributed by atoms with Crippen molar-refractivity contribution >= 4 is 11.7 Å². The SMILES string of the molecule is CC(=O)CN1C(=O)CCCC1CC(C)C. The van der Waals surface area contributed by atoms with E-state index in [1.807, 2.05) is 0 Å². The van der Waals surface area contributed by atoms with Crippen molar-refractivity contribution in [3.63, 3.8) is 0 Å². The summed E-state index contributed by atoms with van der Waals surface area (Å²) in [5, 5.41) is 0. The smallest absolute Gasteiger partial charge is 0.223 e. The van der Waals surface area contributed by atoms with E-state index >= 15 is 0 Å². The van der Waals surface area contributed by atoms with Crippen LogP contribution in [0.2, 0.25) is 0 Å². The minimum atomic E-state index is 0.0824. The molecule has 86 valence electrons. The first kappa shape index (κ1) is 12.2. The number of rotatable bonds is 4. The maximum atomic E-state index is 11.7. The summed E-state index contributed by atoms with van der Waals surface area (Å²) in [6.07, 6.45) is 3.66. The minimum absolute atomic E-state index is 0.0824. The molecule has 1 fully saturated rings. The molecule has 1 amide bonds. The third-order valence-electron chi connectivity index (χ3n) is 2.83. The predicted octanol–water partition coefficient (Wildman–Crippen LogP) is 2.00. The highest BCUT2D eigenvalue weighted by Crippen LogP contribution is 2.23. The van der Waals surface area contributed by atoms with Crippen molar-refractivity contribution in [2.45, 2.75) is 52.5 Å². The van der Waals surface area contributed by atoms with Gasteiger partial charge in [-0.1, -0.05) is 13.8 Å². The Kier molecular flexibility index (Phi) is 4.30. The van der Waals surface area contributed by atoms with Crippen LogP contribution in [0.15, 0.2) is 0 Å². The first-order chi connectivity index (χ1) is 7.00. The van der Waals surface area contributed by atoms with Crippen molar-refractivity contribution in [2.24, 2.45) is 5.92 Å². The summed E-state index contributed by atoms with van der Waals surface area (Å²) in [5.74, 6) is 0.816. The van der Waals surface area contributed by atoms with Crippen molar-refractivity contribution in [3.05, 3.63) is 0 Å². The maximum absolute atomic E-state index is 11.7. The van der Waals surface area contributed by atoms with Gasteiger partial charge in [0.05, 0.1) is 6.54 Å². The lowest BCUT2D eigenvalue weighted by molar-refractivity contribution is -0.140. The molecule has 0 aromatic heterocycles. The highest BCUT2D eigenvalue weighted by molar-refractivity contribution is 5.85. The second-order valence-corrected chi connectivity index (χ2v) is 4.90. The summed E-state index contributed by atoms with van der Waals surface area (Å²) in [6, 6.07) is 0.287. The average Bonchev–Trinajstić information content (AvgIpc) is 2.09. The Hall–Kier alpha value is -0.860. The van der Waals surface area contributed by atoms with E-state index in [4.69, 9.17) is 0 Å². The van der Waals surface area contributed by atoms with Gasteiger partial charge in [0, 0.05) is 12.5 Å². The van der Waals surface area contributed by atoms with E-state index in [0.29, 0.717) is 18.9 Å². The van der Waals surface area contributed by atoms with Gasteiger partial charge in [-0.15, -0.1) is 0 Å². The molecular formula is C12H21NO2. The monoisotopic (exact) mass is 211 g/mol. The third-order valence-corrected chi connectivity index (χ3v) is 2.83. The number of carbonyl (C=O) groups excluding carboxylic acids is 2. The van der Waals surface area contributed by atoms with E-state index in [0.717, 1.165) is 19.3 Å². The molecule has 1 saturated heterocycles. The zero-order chi connectivity index (χ0) is 11.4. The van der Waals surface area contributed by atoms with Gasteiger partial charge in [0.1, 0.15) is 5.78 Å². The van der Waals surface area contributed by atoms with E-state index in [1.165, 1.54) is 0 Å². The standard InChI is InChI=1S/C12H21NO2/c1-9(2)7-11-5-4-6-12(15)13(11)8-10(3)14/h9,11H,4-8H2,1-3H3. The fourth-order valence-electron chi connectivity index (χ4n) is 2.24. The number of Topliss-reactive ketones (excluding diaryl/α,β-unsaturated/α-hetero) is 1. The lowest BCUT2D eigenvalue weighted by Crippen LogP contribution is -2.46. The lowest BCUT2D eigenvalue weighted by atomic mass is 9.93. The summed E-state index contributed by atoms with van der Waals surface area (Å²) in [4.78, 5) is 24.6. The zero-order valence-corrected chi connectivity index (χ0v) is 9.95. The number of piperidine rings is 1. The first-order valence-corrected chi connectivity index (χ1v) is 5.79. The van der Waals surface area contributed by atoms with Crippen molar-refractivity contribution < 1.29 is 9.59 Å². The van der Waals surface area contributed by atoms with Gasteiger partial charge in [-0.2, -0.15) is 0 Å². The molecule has 0 aliphatic carbocycles. The number of ketones is 1. The van der Waals surface area contributed by atoms with E-state index in [2.05, 4.69) is 13.8 Å². The molecule has 0 aromatic rings. The first-order valence-electron chi connectivity index (χ1n) is 5.79. The van der Waals surface area contributed by atoms with Crippen molar-refractivity contribution in [2.75, 3.05) is 6.54 Å². The molecule has 1 rings (SSSR count). The largest absolute Gasteiger partial charge is 0.332 e. The van der Waals surface area contributed by atoms with Crippen LogP contribution in [0.1, 0.15) is 46.5 Å². The number of hydrogen-bond donors (Lipinski definition) is 0. The average molecular weight is 211 g/mol. The summed E-state index contributed by atoms with van der Waals surface area (Å²) < 4.78 is 0. The van der Waals surface area contributed by atoms with Gasteiger partial charge in [-0.05, 0) is 32.1 Å². The Morgan fingerprint density at radius 1 is 1.53 bits per heavy atom. The van der Waals surface area contributed by atoms with Gasteiger partial charge in [0.25, 0.3) is 0 Å². The fourth-order valence-corrected chi connectivity index (χ4v) is 2.24. The summed E-state index contributed by atoms with van der Waals surface area (Å²) >= 11 is 0. The second-order valence-electron chi connectivity index (χ2n) is 4.90. The highest BCUT2D eigenvalue weighted by Gasteiger charge is 2.28. The second kappa shape index (κ2) is 5.29. The molecule has 1 unspecified atom stereocenters. The maximum Gasteiger partial charge on any atom is 0.223 e. The number of carbonyl (C=O) groups is 2. The Labute approximate surface area is 91.8 Å². The topological polar surface area (TPSA) is 37.4 Å². The molecule has 0 aromatic carbocycles. The van der Waals surface area contributed by atoms with Crippen LogP contribution in [0, 0.1) is 5.92 Å². The van der Waals surface area contributed by atoms with E-state index in [1.54, 1.807) is 11.8 Å². The molecule has 0 N–H and O–H groups in total. The minimum Gasteiger partial charge on any atom is -0.332 e. The molecular weight excluding hydrogens is 190 g/mol. The molecule has 1 atom stereocenters. The number of amides is 1. The Morgan fingerprint density at radius 2 is 2.20 bits per heavy atom. The normalized spacial score (nSPS) is 22.3. The van der Waals surface area contributed by atoms with Gasteiger partial charge in [0.15, 0.2) is 0 Å². The van der Waals surface area contributed by atoms with Crippen LogP contribution in [0.25, 0.3) is 0 Å². The Balaban J connectivity index is 2.63. The van der Waals surface area contributed by atoms with Crippen molar-refractivity contribution in [3.8, 4) is 0 Å². The molecule has 15 heavy (non-hydrogen) atoms. The van der Waals surface area contributed by atoms with Gasteiger partial charge in [-0.25, -0.2) is 0 Å². The number of hydrogen-bond acceptors (Lipinski definition) is 2. The highest BCUT2D eigenvalue weighted by atomic mass is 16.2. The summed E-state index contributed by atoms with van der Waals surface area (Å²) in [5.41, 5.74) is 0. The Morgan fingerprint density at radius 3 is 2.73 bits per heavy atom. The van der Waals surface area contributed by atoms with Gasteiger partial charge in [0.2, 0.25) is 5.91 Å². The van der Waals surface area contributed by atoms with Crippen molar-refractivity contribution in [1.29, 1.82) is 0 Å². The number of likely N-dealkylation sites (tertiary alicyclic amines) is 1. The molecule has 1 heterocycles. The third kappa shape index (κ3) is 3.65. The van der Waals surface area contributed by atoms with Crippen LogP contribution < -0.4 is 0 Å². The zero-order valence-electron chi connectivity index (χ0n) is 9.95. The van der Waals surface area contributed by atoms with Crippen molar-refractivity contribution in [1.82, 2.24) is 4.90 Å². The van der Waals surface area contributed by atoms with Crippen LogP contribution in [-0.2, 0) is 9.59 Å². The lowest BCUT2D eigenvalue weighted by Gasteiger charge is -2.36. The molecule has 3 nitrogen and oxygen atoms in total. The van der Waals surface area contributed by atoms with E-state index < -0.39 is 0 Å². The van der Waals surface area contributed by atoms with Crippen LogP contribution in [-0.4, -0.2) is 29.2 Å². The molecule has 1 aliphatic heterocycles. The van der Waals surface area contributed by atoms with E-state index in [-0.39, 0.29) is 17.7 Å². The molecule has 0 saturated carbocycles. The Bertz CT molecular complexity index is 248. The van der Waals surface area contributed by atoms with Gasteiger partial charge in [-0.3, -0.25) is 9.59 Å². The predicted molar refractivity (Wildman–Crippen MR) is 59.5 cm³/mol. The molecule has 0 spiro atoms. The van der Waals surface area contributed by atoms with Crippen LogP contribution in [0.3, 0.4) is 0 Å². The molecule has 3 heteroatoms. The van der Waals surface area contributed by atoms with Crippen LogP contribution in [0.5, 0.6) is 0 Å². The molecule has 0 radical (unpaired) electrons. The fraction of sp³-hybridized carbons (Fsp3) is 0.833. The van der Waals surface area contributed by atoms with Crippen LogP contribution in [0.4, 0.5) is 0 Å². The van der Waals surface area contributed by atoms with E-state index in [9.17, 15) is 9.59 Å². The quantitative estimate of drug-likeness (QED) is 0.713. The molecule has 1 aliphatic rings. The van der Waals surface area contributed by atoms with Gasteiger partial charge >= 0.3 is 0 Å². The number of nitrogens with zero attached hydrogens (tertiary/aromatic N) is 1.